The molecule has 0 radical (unpaired) electrons. The minimum atomic E-state index is 0.921. The van der Waals surface area contributed by atoms with Crippen LogP contribution in [0.3, 0.4) is 0 Å². The molecule has 2 rings (SSSR count). The molecule has 0 spiro atoms. The zero-order valence-corrected chi connectivity index (χ0v) is 5.35. The first kappa shape index (κ1) is 4.80. The van der Waals surface area contributed by atoms with Crippen LogP contribution >= 0.6 is 0 Å². The standard InChI is InChI=1S/C7H13N/c1-5-4-7-6(5)2-3-8-7/h5-8H,2-4H2,1H3. The van der Waals surface area contributed by atoms with Crippen molar-refractivity contribution in [2.75, 3.05) is 6.54 Å². The number of fused-ring (bicyclic) bond motifs is 1. The van der Waals surface area contributed by atoms with Crippen LogP contribution in [0.1, 0.15) is 19.8 Å². The molecule has 1 nitrogen and oxygen atoms in total. The van der Waals surface area contributed by atoms with Gasteiger partial charge in [-0.05, 0) is 31.2 Å². The second-order valence-corrected chi connectivity index (χ2v) is 3.23. The van der Waals surface area contributed by atoms with Crippen LogP contribution in [0.15, 0.2) is 0 Å². The van der Waals surface area contributed by atoms with Crippen molar-refractivity contribution in [1.29, 1.82) is 0 Å². The highest BCUT2D eigenvalue weighted by molar-refractivity contribution is 4.96. The smallest absolute Gasteiger partial charge is 0.0101 e. The molecular formula is C7H13N. The predicted molar refractivity (Wildman–Crippen MR) is 33.7 cm³/mol. The molecule has 3 atom stereocenters. The van der Waals surface area contributed by atoms with Gasteiger partial charge in [0.15, 0.2) is 0 Å². The fourth-order valence-corrected chi connectivity index (χ4v) is 2.11. The Hall–Kier alpha value is -0.0400. The van der Waals surface area contributed by atoms with E-state index in [0.717, 1.165) is 17.9 Å². The van der Waals surface area contributed by atoms with Crippen LogP contribution < -0.4 is 5.32 Å². The van der Waals surface area contributed by atoms with Gasteiger partial charge in [-0.1, -0.05) is 6.92 Å². The average molecular weight is 111 g/mol. The van der Waals surface area contributed by atoms with Gasteiger partial charge in [0, 0.05) is 6.04 Å². The molecule has 0 aromatic heterocycles. The number of rotatable bonds is 0. The largest absolute Gasteiger partial charge is 0.314 e. The van der Waals surface area contributed by atoms with Gasteiger partial charge in [0.2, 0.25) is 0 Å². The molecule has 0 amide bonds. The summed E-state index contributed by atoms with van der Waals surface area (Å²) in [6.07, 6.45) is 2.87. The third-order valence-electron chi connectivity index (χ3n) is 2.76. The van der Waals surface area contributed by atoms with E-state index in [9.17, 15) is 0 Å². The van der Waals surface area contributed by atoms with E-state index >= 15 is 0 Å². The summed E-state index contributed by atoms with van der Waals surface area (Å²) in [5, 5.41) is 3.49. The molecule has 1 heteroatoms. The van der Waals surface area contributed by atoms with Crippen molar-refractivity contribution >= 4 is 0 Å². The summed E-state index contributed by atoms with van der Waals surface area (Å²) in [7, 11) is 0. The van der Waals surface area contributed by atoms with Crippen LogP contribution in [0.2, 0.25) is 0 Å². The highest BCUT2D eigenvalue weighted by Crippen LogP contribution is 2.39. The third-order valence-corrected chi connectivity index (χ3v) is 2.76. The number of hydrogen-bond donors (Lipinski definition) is 1. The van der Waals surface area contributed by atoms with Gasteiger partial charge >= 0.3 is 0 Å². The Bertz CT molecular complexity index is 101. The summed E-state index contributed by atoms with van der Waals surface area (Å²) < 4.78 is 0. The molecule has 0 bridgehead atoms. The van der Waals surface area contributed by atoms with Crippen molar-refractivity contribution in [2.45, 2.75) is 25.8 Å². The highest BCUT2D eigenvalue weighted by atomic mass is 15.0. The zero-order chi connectivity index (χ0) is 5.56. The zero-order valence-electron chi connectivity index (χ0n) is 5.35. The molecule has 2 aliphatic rings. The van der Waals surface area contributed by atoms with Crippen molar-refractivity contribution < 1.29 is 0 Å². The van der Waals surface area contributed by atoms with Crippen LogP contribution in [0.5, 0.6) is 0 Å². The summed E-state index contributed by atoms with van der Waals surface area (Å²) in [6.45, 7) is 3.65. The van der Waals surface area contributed by atoms with Crippen molar-refractivity contribution in [3.8, 4) is 0 Å². The first-order valence-corrected chi connectivity index (χ1v) is 3.61. The van der Waals surface area contributed by atoms with Crippen molar-refractivity contribution in [3.05, 3.63) is 0 Å². The summed E-state index contributed by atoms with van der Waals surface area (Å²) >= 11 is 0. The van der Waals surface area contributed by atoms with E-state index < -0.39 is 0 Å². The molecule has 1 aliphatic heterocycles. The van der Waals surface area contributed by atoms with Crippen LogP contribution in [-0.2, 0) is 0 Å². The van der Waals surface area contributed by atoms with E-state index in [0.29, 0.717) is 0 Å². The molecule has 3 unspecified atom stereocenters. The van der Waals surface area contributed by atoms with Gasteiger partial charge in [0.05, 0.1) is 0 Å². The molecule has 1 saturated heterocycles. The molecule has 8 heavy (non-hydrogen) atoms. The van der Waals surface area contributed by atoms with Crippen LogP contribution in [0.25, 0.3) is 0 Å². The van der Waals surface area contributed by atoms with Crippen molar-refractivity contribution in [1.82, 2.24) is 5.32 Å². The van der Waals surface area contributed by atoms with Crippen molar-refractivity contribution in [3.63, 3.8) is 0 Å². The molecule has 1 aliphatic carbocycles. The molecule has 0 aromatic carbocycles. The Morgan fingerprint density at radius 1 is 1.50 bits per heavy atom. The maximum Gasteiger partial charge on any atom is 0.0101 e. The SMILES string of the molecule is CC1CC2NCCC12. The van der Waals surface area contributed by atoms with Crippen LogP contribution in [0, 0.1) is 11.8 Å². The quantitative estimate of drug-likeness (QED) is 0.492. The van der Waals surface area contributed by atoms with Crippen molar-refractivity contribution in [2.24, 2.45) is 11.8 Å². The maximum absolute atomic E-state index is 3.49. The third kappa shape index (κ3) is 0.455. The van der Waals surface area contributed by atoms with Gasteiger partial charge < -0.3 is 5.32 Å². The summed E-state index contributed by atoms with van der Waals surface area (Å²) in [5.41, 5.74) is 0. The predicted octanol–water partition coefficient (Wildman–Crippen LogP) is 1.00. The van der Waals surface area contributed by atoms with E-state index in [1.165, 1.54) is 19.4 Å². The minimum absolute atomic E-state index is 0.921. The van der Waals surface area contributed by atoms with Gasteiger partial charge in [0.25, 0.3) is 0 Å². The molecule has 46 valence electrons. The summed E-state index contributed by atoms with van der Waals surface area (Å²) in [6, 6.07) is 0.921. The molecular weight excluding hydrogens is 98.1 g/mol. The monoisotopic (exact) mass is 111 g/mol. The number of hydrogen-bond acceptors (Lipinski definition) is 1. The fourth-order valence-electron chi connectivity index (χ4n) is 2.11. The first-order chi connectivity index (χ1) is 3.88. The summed E-state index contributed by atoms with van der Waals surface area (Å²) in [4.78, 5) is 0. The van der Waals surface area contributed by atoms with Gasteiger partial charge in [-0.25, -0.2) is 0 Å². The summed E-state index contributed by atoms with van der Waals surface area (Å²) in [5.74, 6) is 2.07. The highest BCUT2D eigenvalue weighted by Gasteiger charge is 2.40. The van der Waals surface area contributed by atoms with Gasteiger partial charge in [-0.15, -0.1) is 0 Å². The fraction of sp³-hybridized carbons (Fsp3) is 1.00. The van der Waals surface area contributed by atoms with Gasteiger partial charge in [-0.2, -0.15) is 0 Å². The lowest BCUT2D eigenvalue weighted by molar-refractivity contribution is 0.169. The topological polar surface area (TPSA) is 12.0 Å². The molecule has 1 saturated carbocycles. The Labute approximate surface area is 50.5 Å². The van der Waals surface area contributed by atoms with E-state index in [4.69, 9.17) is 0 Å². The molecule has 1 N–H and O–H groups in total. The Balaban J connectivity index is 2.02. The molecule has 2 fully saturated rings. The van der Waals surface area contributed by atoms with Gasteiger partial charge in [0.1, 0.15) is 0 Å². The minimum Gasteiger partial charge on any atom is -0.314 e. The second-order valence-electron chi connectivity index (χ2n) is 3.23. The van der Waals surface area contributed by atoms with Crippen LogP contribution in [-0.4, -0.2) is 12.6 Å². The average Bonchev–Trinajstić information content (AvgIpc) is 2.09. The lowest BCUT2D eigenvalue weighted by atomic mass is 9.71. The van der Waals surface area contributed by atoms with E-state index in [-0.39, 0.29) is 0 Å². The normalized spacial score (nSPS) is 52.9. The molecule has 1 heterocycles. The van der Waals surface area contributed by atoms with Gasteiger partial charge in [-0.3, -0.25) is 0 Å². The van der Waals surface area contributed by atoms with E-state index in [2.05, 4.69) is 12.2 Å². The Morgan fingerprint density at radius 2 is 2.38 bits per heavy atom. The Morgan fingerprint density at radius 3 is 2.88 bits per heavy atom. The number of nitrogens with one attached hydrogen (secondary N) is 1. The lowest BCUT2D eigenvalue weighted by Gasteiger charge is -2.37. The lowest BCUT2D eigenvalue weighted by Crippen LogP contribution is -2.41. The first-order valence-electron chi connectivity index (χ1n) is 3.61. The molecule has 0 aromatic rings. The van der Waals surface area contributed by atoms with E-state index in [1.54, 1.807) is 0 Å². The van der Waals surface area contributed by atoms with Crippen LogP contribution in [0.4, 0.5) is 0 Å². The maximum atomic E-state index is 3.49. The second kappa shape index (κ2) is 1.47. The van der Waals surface area contributed by atoms with E-state index in [1.807, 2.05) is 0 Å². The Kier molecular flexibility index (Phi) is 0.884.